The van der Waals surface area contributed by atoms with Crippen molar-refractivity contribution in [3.63, 3.8) is 0 Å². The highest BCUT2D eigenvalue weighted by Gasteiger charge is 2.23. The molecule has 1 heteroatoms. The van der Waals surface area contributed by atoms with E-state index in [-0.39, 0.29) is 0 Å². The van der Waals surface area contributed by atoms with Gasteiger partial charge in [-0.25, -0.2) is 0 Å². The van der Waals surface area contributed by atoms with E-state index < -0.39 is 0 Å². The first-order chi connectivity index (χ1) is 8.49. The van der Waals surface area contributed by atoms with Gasteiger partial charge in [-0.15, -0.1) is 0 Å². The summed E-state index contributed by atoms with van der Waals surface area (Å²) in [5.41, 5.74) is 0. The van der Waals surface area contributed by atoms with Gasteiger partial charge in [-0.3, -0.25) is 0 Å². The molecule has 18 heavy (non-hydrogen) atoms. The Hall–Kier alpha value is -0.0400. The molecule has 1 aliphatic rings. The van der Waals surface area contributed by atoms with Gasteiger partial charge in [-0.1, -0.05) is 47.0 Å². The van der Waals surface area contributed by atoms with E-state index in [1.807, 2.05) is 0 Å². The molecule has 0 bridgehead atoms. The van der Waals surface area contributed by atoms with E-state index >= 15 is 0 Å². The Labute approximate surface area is 115 Å². The van der Waals surface area contributed by atoms with Crippen LogP contribution >= 0.6 is 0 Å². The molecule has 0 spiro atoms. The second-order valence-electron chi connectivity index (χ2n) is 7.31. The van der Waals surface area contributed by atoms with E-state index in [1.54, 1.807) is 0 Å². The van der Waals surface area contributed by atoms with E-state index in [2.05, 4.69) is 39.9 Å². The van der Waals surface area contributed by atoms with Gasteiger partial charge in [0, 0.05) is 12.1 Å². The molecule has 0 radical (unpaired) electrons. The molecule has 0 aromatic carbocycles. The fourth-order valence-electron chi connectivity index (χ4n) is 3.51. The second kappa shape index (κ2) is 8.19. The summed E-state index contributed by atoms with van der Waals surface area (Å²) in [7, 11) is 0. The van der Waals surface area contributed by atoms with Crippen molar-refractivity contribution in [2.75, 3.05) is 0 Å². The summed E-state index contributed by atoms with van der Waals surface area (Å²) in [6.07, 6.45) is 9.93. The van der Waals surface area contributed by atoms with Gasteiger partial charge in [0.25, 0.3) is 0 Å². The van der Waals surface area contributed by atoms with Crippen molar-refractivity contribution in [1.82, 2.24) is 5.32 Å². The number of nitrogens with one attached hydrogen (secondary N) is 1. The second-order valence-corrected chi connectivity index (χ2v) is 7.31. The van der Waals surface area contributed by atoms with Crippen LogP contribution in [-0.2, 0) is 0 Å². The van der Waals surface area contributed by atoms with Gasteiger partial charge in [0.1, 0.15) is 0 Å². The van der Waals surface area contributed by atoms with Gasteiger partial charge in [0.2, 0.25) is 0 Å². The highest BCUT2D eigenvalue weighted by Crippen LogP contribution is 2.27. The van der Waals surface area contributed by atoms with Crippen molar-refractivity contribution >= 4 is 0 Å². The zero-order valence-corrected chi connectivity index (χ0v) is 13.3. The fourth-order valence-corrected chi connectivity index (χ4v) is 3.51. The predicted octanol–water partition coefficient (Wildman–Crippen LogP) is 5.01. The van der Waals surface area contributed by atoms with Gasteiger partial charge in [-0.05, 0) is 50.4 Å². The summed E-state index contributed by atoms with van der Waals surface area (Å²) >= 11 is 0. The molecular weight excluding hydrogens is 218 g/mol. The van der Waals surface area contributed by atoms with E-state index in [0.29, 0.717) is 6.04 Å². The molecule has 0 aromatic rings. The van der Waals surface area contributed by atoms with Crippen LogP contribution in [0.15, 0.2) is 0 Å². The lowest BCUT2D eigenvalue weighted by Crippen LogP contribution is -2.42. The van der Waals surface area contributed by atoms with Crippen molar-refractivity contribution < 1.29 is 0 Å². The first-order valence-corrected chi connectivity index (χ1v) is 8.25. The van der Waals surface area contributed by atoms with Crippen LogP contribution in [-0.4, -0.2) is 12.1 Å². The quantitative estimate of drug-likeness (QED) is 0.673. The highest BCUT2D eigenvalue weighted by atomic mass is 15.0. The van der Waals surface area contributed by atoms with Crippen LogP contribution in [0.25, 0.3) is 0 Å². The van der Waals surface area contributed by atoms with Gasteiger partial charge >= 0.3 is 0 Å². The molecule has 0 aliphatic heterocycles. The van der Waals surface area contributed by atoms with E-state index in [1.165, 1.54) is 44.9 Å². The zero-order valence-electron chi connectivity index (χ0n) is 13.3. The predicted molar refractivity (Wildman–Crippen MR) is 81.9 cm³/mol. The van der Waals surface area contributed by atoms with Gasteiger partial charge in [0.05, 0.1) is 0 Å². The van der Waals surface area contributed by atoms with E-state index in [4.69, 9.17) is 0 Å². The largest absolute Gasteiger partial charge is 0.311 e. The first kappa shape index (κ1) is 16.0. The van der Waals surface area contributed by atoms with Crippen molar-refractivity contribution in [1.29, 1.82) is 0 Å². The highest BCUT2D eigenvalue weighted by molar-refractivity contribution is 4.80. The van der Waals surface area contributed by atoms with Crippen molar-refractivity contribution in [2.24, 2.45) is 17.8 Å². The van der Waals surface area contributed by atoms with Crippen molar-refractivity contribution in [3.8, 4) is 0 Å². The average Bonchev–Trinajstić information content (AvgIpc) is 2.28. The van der Waals surface area contributed by atoms with E-state index in [9.17, 15) is 0 Å². The minimum atomic E-state index is 0.716. The van der Waals surface area contributed by atoms with Gasteiger partial charge in [0.15, 0.2) is 0 Å². The molecule has 1 N–H and O–H groups in total. The Bertz CT molecular complexity index is 194. The zero-order chi connectivity index (χ0) is 13.5. The van der Waals surface area contributed by atoms with Crippen LogP contribution in [0.2, 0.25) is 0 Å². The summed E-state index contributed by atoms with van der Waals surface area (Å²) in [6, 6.07) is 1.44. The lowest BCUT2D eigenvalue weighted by molar-refractivity contribution is 0.240. The maximum absolute atomic E-state index is 3.95. The van der Waals surface area contributed by atoms with Crippen LogP contribution in [0, 0.1) is 17.8 Å². The summed E-state index contributed by atoms with van der Waals surface area (Å²) < 4.78 is 0. The monoisotopic (exact) mass is 253 g/mol. The van der Waals surface area contributed by atoms with E-state index in [0.717, 1.165) is 23.8 Å². The fraction of sp³-hybridized carbons (Fsp3) is 1.00. The molecule has 0 heterocycles. The molecule has 1 fully saturated rings. The summed E-state index contributed by atoms with van der Waals surface area (Å²) in [6.45, 7) is 11.8. The first-order valence-electron chi connectivity index (χ1n) is 8.25. The van der Waals surface area contributed by atoms with Crippen LogP contribution in [0.1, 0.15) is 79.6 Å². The lowest BCUT2D eigenvalue weighted by atomic mass is 9.83. The molecule has 0 amide bonds. The number of rotatable bonds is 7. The third kappa shape index (κ3) is 6.22. The lowest BCUT2D eigenvalue weighted by Gasteiger charge is -2.33. The Morgan fingerprint density at radius 1 is 0.833 bits per heavy atom. The Morgan fingerprint density at radius 3 is 1.78 bits per heavy atom. The van der Waals surface area contributed by atoms with Gasteiger partial charge in [-0.2, -0.15) is 0 Å². The minimum Gasteiger partial charge on any atom is -0.311 e. The summed E-state index contributed by atoms with van der Waals surface area (Å²) in [4.78, 5) is 0. The molecule has 0 saturated heterocycles. The maximum atomic E-state index is 3.95. The smallest absolute Gasteiger partial charge is 0.00745 e. The topological polar surface area (TPSA) is 12.0 Å². The Morgan fingerprint density at radius 2 is 1.33 bits per heavy atom. The summed E-state index contributed by atoms with van der Waals surface area (Å²) in [5.74, 6) is 2.54. The standard InChI is InChI=1S/C17H35N/c1-13(2)11-17(12-14(3)4)18-15(5)16-9-7-6-8-10-16/h13-18H,6-12H2,1-5H3/t15-/m0/s1. The van der Waals surface area contributed by atoms with Gasteiger partial charge < -0.3 is 5.32 Å². The van der Waals surface area contributed by atoms with Crippen molar-refractivity contribution in [2.45, 2.75) is 91.6 Å². The molecule has 1 aliphatic carbocycles. The van der Waals surface area contributed by atoms with Crippen molar-refractivity contribution in [3.05, 3.63) is 0 Å². The average molecular weight is 253 g/mol. The van der Waals surface area contributed by atoms with Crippen LogP contribution < -0.4 is 5.32 Å². The molecule has 0 aromatic heterocycles. The minimum absolute atomic E-state index is 0.716. The van der Waals surface area contributed by atoms with Crippen LogP contribution in [0.4, 0.5) is 0 Å². The maximum Gasteiger partial charge on any atom is 0.00745 e. The van der Waals surface area contributed by atoms with Crippen LogP contribution in [0.5, 0.6) is 0 Å². The number of hydrogen-bond donors (Lipinski definition) is 1. The Kier molecular flexibility index (Phi) is 7.29. The summed E-state index contributed by atoms with van der Waals surface area (Å²) in [5, 5.41) is 3.95. The molecule has 1 rings (SSSR count). The Balaban J connectivity index is 2.41. The normalized spacial score (nSPS) is 20.0. The molecule has 1 atom stereocenters. The molecule has 1 nitrogen and oxygen atoms in total. The molecular formula is C17H35N. The molecule has 1 saturated carbocycles. The SMILES string of the molecule is CC(C)CC(CC(C)C)N[C@@H](C)C1CCCCC1. The molecule has 0 unspecified atom stereocenters. The third-order valence-electron chi connectivity index (χ3n) is 4.37. The molecule has 108 valence electrons. The number of hydrogen-bond acceptors (Lipinski definition) is 1. The van der Waals surface area contributed by atoms with Crippen LogP contribution in [0.3, 0.4) is 0 Å². The third-order valence-corrected chi connectivity index (χ3v) is 4.37.